The summed E-state index contributed by atoms with van der Waals surface area (Å²) >= 11 is 0. The Balaban J connectivity index is 1.51. The molecule has 1 saturated heterocycles. The number of nitrogens with one attached hydrogen (secondary N) is 2. The number of piperazine rings is 1. The van der Waals surface area contributed by atoms with Crippen LogP contribution in [-0.2, 0) is 9.53 Å². The van der Waals surface area contributed by atoms with Gasteiger partial charge in [-0.15, -0.1) is 0 Å². The number of rotatable bonds is 6. The summed E-state index contributed by atoms with van der Waals surface area (Å²) in [6, 6.07) is 14.1. The Bertz CT molecular complexity index is 924. The molecule has 9 nitrogen and oxygen atoms in total. The number of anilines is 2. The molecule has 164 valence electrons. The smallest absolute Gasteiger partial charge is 0.325 e. The van der Waals surface area contributed by atoms with Crippen LogP contribution in [0.3, 0.4) is 0 Å². The standard InChI is InChI=1S/C22H26N4O5/c1-30-19-6-4-3-5-18(19)25-11-13-26(14-12-25)22(29)24-17-9-7-16(8-10-17)21(28)23-15-20(27)31-2/h3-10H,11-15H2,1-2H3,(H,23,28)(H,24,29). The second-order valence-corrected chi connectivity index (χ2v) is 6.91. The fourth-order valence-electron chi connectivity index (χ4n) is 3.28. The molecule has 1 heterocycles. The first-order valence-electron chi connectivity index (χ1n) is 9.91. The normalized spacial score (nSPS) is 13.4. The van der Waals surface area contributed by atoms with Crippen LogP contribution in [0.25, 0.3) is 0 Å². The fourth-order valence-corrected chi connectivity index (χ4v) is 3.28. The Morgan fingerprint density at radius 3 is 2.26 bits per heavy atom. The Labute approximate surface area is 180 Å². The Morgan fingerprint density at radius 2 is 1.61 bits per heavy atom. The molecule has 0 radical (unpaired) electrons. The number of hydrogen-bond donors (Lipinski definition) is 2. The van der Waals surface area contributed by atoms with Crippen molar-refractivity contribution in [1.82, 2.24) is 10.2 Å². The van der Waals surface area contributed by atoms with E-state index in [0.717, 1.165) is 11.4 Å². The van der Waals surface area contributed by atoms with E-state index in [1.54, 1.807) is 36.3 Å². The minimum Gasteiger partial charge on any atom is -0.495 e. The fraction of sp³-hybridized carbons (Fsp3) is 0.318. The van der Waals surface area contributed by atoms with Crippen molar-refractivity contribution in [3.8, 4) is 5.75 Å². The summed E-state index contributed by atoms with van der Waals surface area (Å²) in [6.45, 7) is 2.37. The molecule has 0 atom stereocenters. The second-order valence-electron chi connectivity index (χ2n) is 6.91. The minimum absolute atomic E-state index is 0.192. The first-order chi connectivity index (χ1) is 15.0. The third-order valence-electron chi connectivity index (χ3n) is 5.01. The topological polar surface area (TPSA) is 100 Å². The number of esters is 1. The van der Waals surface area contributed by atoms with Crippen LogP contribution < -0.4 is 20.3 Å². The lowest BCUT2D eigenvalue weighted by atomic mass is 10.2. The molecule has 0 saturated carbocycles. The number of methoxy groups -OCH3 is 2. The quantitative estimate of drug-likeness (QED) is 0.685. The van der Waals surface area contributed by atoms with Gasteiger partial charge < -0.3 is 29.9 Å². The number of benzene rings is 2. The van der Waals surface area contributed by atoms with Crippen molar-refractivity contribution >= 4 is 29.3 Å². The molecule has 3 rings (SSSR count). The van der Waals surface area contributed by atoms with Gasteiger partial charge in [-0.25, -0.2) is 4.79 Å². The molecule has 31 heavy (non-hydrogen) atoms. The van der Waals surface area contributed by atoms with Gasteiger partial charge in [-0.3, -0.25) is 9.59 Å². The molecule has 1 aliphatic heterocycles. The number of carbonyl (C=O) groups excluding carboxylic acids is 3. The highest BCUT2D eigenvalue weighted by Crippen LogP contribution is 2.28. The summed E-state index contributed by atoms with van der Waals surface area (Å²) in [5.41, 5.74) is 1.99. The maximum absolute atomic E-state index is 12.6. The number of hydrogen-bond acceptors (Lipinski definition) is 6. The molecule has 9 heteroatoms. The van der Waals surface area contributed by atoms with E-state index >= 15 is 0 Å². The van der Waals surface area contributed by atoms with Crippen LogP contribution in [0.15, 0.2) is 48.5 Å². The third kappa shape index (κ3) is 5.65. The van der Waals surface area contributed by atoms with E-state index in [1.165, 1.54) is 7.11 Å². The number of para-hydroxylation sites is 2. The molecule has 0 spiro atoms. The molecule has 2 N–H and O–H groups in total. The summed E-state index contributed by atoms with van der Waals surface area (Å²) in [7, 11) is 2.90. The maximum Gasteiger partial charge on any atom is 0.325 e. The van der Waals surface area contributed by atoms with Gasteiger partial charge in [0.2, 0.25) is 0 Å². The molecule has 2 aromatic rings. The monoisotopic (exact) mass is 426 g/mol. The largest absolute Gasteiger partial charge is 0.495 e. The zero-order chi connectivity index (χ0) is 22.2. The predicted octanol–water partition coefficient (Wildman–Crippen LogP) is 1.95. The van der Waals surface area contributed by atoms with Gasteiger partial charge in [0, 0.05) is 37.4 Å². The first-order valence-corrected chi connectivity index (χ1v) is 9.91. The average Bonchev–Trinajstić information content (AvgIpc) is 2.82. The van der Waals surface area contributed by atoms with Crippen LogP contribution in [0.2, 0.25) is 0 Å². The minimum atomic E-state index is -0.525. The molecular weight excluding hydrogens is 400 g/mol. The average molecular weight is 426 g/mol. The highest BCUT2D eigenvalue weighted by Gasteiger charge is 2.23. The summed E-state index contributed by atoms with van der Waals surface area (Å²) < 4.78 is 9.91. The predicted molar refractivity (Wildman–Crippen MR) is 117 cm³/mol. The second kappa shape index (κ2) is 10.3. The summed E-state index contributed by atoms with van der Waals surface area (Å²) in [6.07, 6.45) is 0. The Morgan fingerprint density at radius 1 is 0.935 bits per heavy atom. The number of carbonyl (C=O) groups is 3. The lowest BCUT2D eigenvalue weighted by Gasteiger charge is -2.36. The molecule has 2 aromatic carbocycles. The van der Waals surface area contributed by atoms with Gasteiger partial charge >= 0.3 is 12.0 Å². The number of ether oxygens (including phenoxy) is 2. The number of urea groups is 1. The van der Waals surface area contributed by atoms with E-state index < -0.39 is 11.9 Å². The van der Waals surface area contributed by atoms with Crippen molar-refractivity contribution < 1.29 is 23.9 Å². The Hall–Kier alpha value is -3.75. The lowest BCUT2D eigenvalue weighted by Crippen LogP contribution is -2.50. The van der Waals surface area contributed by atoms with E-state index in [-0.39, 0.29) is 12.6 Å². The molecule has 3 amide bonds. The molecule has 1 aliphatic rings. The van der Waals surface area contributed by atoms with Crippen molar-refractivity contribution in [2.75, 3.05) is 57.2 Å². The van der Waals surface area contributed by atoms with Crippen LogP contribution in [0.5, 0.6) is 5.75 Å². The van der Waals surface area contributed by atoms with Gasteiger partial charge in [0.25, 0.3) is 5.91 Å². The van der Waals surface area contributed by atoms with Crippen molar-refractivity contribution in [2.45, 2.75) is 0 Å². The van der Waals surface area contributed by atoms with E-state index in [9.17, 15) is 14.4 Å². The number of amides is 3. The van der Waals surface area contributed by atoms with Crippen LogP contribution in [0, 0.1) is 0 Å². The van der Waals surface area contributed by atoms with Gasteiger partial charge in [0.05, 0.1) is 19.9 Å². The van der Waals surface area contributed by atoms with Crippen LogP contribution >= 0.6 is 0 Å². The highest BCUT2D eigenvalue weighted by molar-refractivity contribution is 5.97. The summed E-state index contributed by atoms with van der Waals surface area (Å²) in [5.74, 6) is -0.102. The third-order valence-corrected chi connectivity index (χ3v) is 5.01. The van der Waals surface area contributed by atoms with E-state index in [0.29, 0.717) is 37.4 Å². The van der Waals surface area contributed by atoms with Gasteiger partial charge in [-0.1, -0.05) is 12.1 Å². The van der Waals surface area contributed by atoms with Gasteiger partial charge in [-0.2, -0.15) is 0 Å². The van der Waals surface area contributed by atoms with E-state index in [1.807, 2.05) is 24.3 Å². The number of nitrogens with zero attached hydrogens (tertiary/aromatic N) is 2. The SMILES string of the molecule is COC(=O)CNC(=O)c1ccc(NC(=O)N2CCN(c3ccccc3OC)CC2)cc1. The van der Waals surface area contributed by atoms with Crippen molar-refractivity contribution in [3.63, 3.8) is 0 Å². The van der Waals surface area contributed by atoms with Crippen LogP contribution in [-0.4, -0.2) is 69.8 Å². The van der Waals surface area contributed by atoms with Crippen molar-refractivity contribution in [2.24, 2.45) is 0 Å². The first kappa shape index (κ1) is 21.9. The highest BCUT2D eigenvalue weighted by atomic mass is 16.5. The molecule has 1 fully saturated rings. The van der Waals surface area contributed by atoms with Crippen molar-refractivity contribution in [3.05, 3.63) is 54.1 Å². The van der Waals surface area contributed by atoms with E-state index in [2.05, 4.69) is 20.3 Å². The zero-order valence-electron chi connectivity index (χ0n) is 17.6. The molecule has 0 aliphatic carbocycles. The van der Waals surface area contributed by atoms with Crippen LogP contribution in [0.1, 0.15) is 10.4 Å². The van der Waals surface area contributed by atoms with Crippen molar-refractivity contribution in [1.29, 1.82) is 0 Å². The molecular formula is C22H26N4O5. The van der Waals surface area contributed by atoms with Gasteiger partial charge in [0.1, 0.15) is 12.3 Å². The maximum atomic E-state index is 12.6. The molecule has 0 bridgehead atoms. The van der Waals surface area contributed by atoms with Crippen LogP contribution in [0.4, 0.5) is 16.2 Å². The summed E-state index contributed by atoms with van der Waals surface area (Å²) in [4.78, 5) is 39.7. The zero-order valence-corrected chi connectivity index (χ0v) is 17.6. The molecule has 0 aromatic heterocycles. The summed E-state index contributed by atoms with van der Waals surface area (Å²) in [5, 5.41) is 5.32. The van der Waals surface area contributed by atoms with Gasteiger partial charge in [-0.05, 0) is 36.4 Å². The van der Waals surface area contributed by atoms with E-state index in [4.69, 9.17) is 4.74 Å². The Kier molecular flexibility index (Phi) is 7.31. The van der Waals surface area contributed by atoms with Gasteiger partial charge in [0.15, 0.2) is 0 Å². The lowest BCUT2D eigenvalue weighted by molar-refractivity contribution is -0.139. The molecule has 0 unspecified atom stereocenters.